The van der Waals surface area contributed by atoms with E-state index in [1.54, 1.807) is 36.4 Å². The van der Waals surface area contributed by atoms with Crippen LogP contribution >= 0.6 is 15.9 Å². The Balaban J connectivity index is 1.94. The summed E-state index contributed by atoms with van der Waals surface area (Å²) in [6, 6.07) is 13.3. The number of oxazole rings is 1. The molecule has 1 N–H and O–H groups in total. The second-order valence-corrected chi connectivity index (χ2v) is 6.64. The third kappa shape index (κ3) is 2.54. The van der Waals surface area contributed by atoms with Crippen molar-refractivity contribution in [2.24, 2.45) is 0 Å². The fourth-order valence-electron chi connectivity index (χ4n) is 1.70. The third-order valence-corrected chi connectivity index (χ3v) is 4.50. The van der Waals surface area contributed by atoms with Gasteiger partial charge in [0, 0.05) is 4.47 Å². The van der Waals surface area contributed by atoms with E-state index in [9.17, 15) is 8.42 Å². The number of anilines is 1. The summed E-state index contributed by atoms with van der Waals surface area (Å²) in [7, 11) is -3.70. The average molecular weight is 353 g/mol. The zero-order valence-electron chi connectivity index (χ0n) is 10.1. The van der Waals surface area contributed by atoms with Crippen LogP contribution in [0.25, 0.3) is 11.1 Å². The van der Waals surface area contributed by atoms with Gasteiger partial charge in [0.15, 0.2) is 5.58 Å². The number of nitrogens with one attached hydrogen (secondary N) is 1. The van der Waals surface area contributed by atoms with Crippen molar-refractivity contribution < 1.29 is 12.8 Å². The van der Waals surface area contributed by atoms with E-state index in [1.807, 2.05) is 0 Å². The molecule has 1 heterocycles. The van der Waals surface area contributed by atoms with Crippen LogP contribution in [0.15, 0.2) is 62.3 Å². The summed E-state index contributed by atoms with van der Waals surface area (Å²) in [6.45, 7) is 0. The van der Waals surface area contributed by atoms with E-state index in [2.05, 4.69) is 25.6 Å². The van der Waals surface area contributed by atoms with Gasteiger partial charge in [-0.15, -0.1) is 0 Å². The summed E-state index contributed by atoms with van der Waals surface area (Å²) < 4.78 is 32.8. The largest absolute Gasteiger partial charge is 0.423 e. The van der Waals surface area contributed by atoms with Gasteiger partial charge in [-0.3, -0.25) is 0 Å². The topological polar surface area (TPSA) is 72.2 Å². The van der Waals surface area contributed by atoms with Crippen LogP contribution in [0.5, 0.6) is 0 Å². The molecule has 0 atom stereocenters. The van der Waals surface area contributed by atoms with E-state index in [1.165, 1.54) is 12.1 Å². The first-order valence-electron chi connectivity index (χ1n) is 5.68. The minimum Gasteiger partial charge on any atom is -0.423 e. The Bertz CT molecular complexity index is 824. The fourth-order valence-corrected chi connectivity index (χ4v) is 2.90. The maximum atomic E-state index is 12.2. The van der Waals surface area contributed by atoms with Crippen molar-refractivity contribution in [3.8, 4) is 0 Å². The molecular formula is C13H9BrN2O3S. The molecule has 3 aromatic rings. The molecule has 1 aromatic heterocycles. The number of halogens is 1. The molecule has 20 heavy (non-hydrogen) atoms. The number of hydrogen-bond acceptors (Lipinski definition) is 4. The Morgan fingerprint density at radius 1 is 1.05 bits per heavy atom. The molecule has 0 aliphatic rings. The van der Waals surface area contributed by atoms with E-state index < -0.39 is 10.0 Å². The highest BCUT2D eigenvalue weighted by Crippen LogP contribution is 2.22. The molecule has 102 valence electrons. The van der Waals surface area contributed by atoms with E-state index in [0.717, 1.165) is 4.47 Å². The number of fused-ring (bicyclic) bond motifs is 1. The fraction of sp³-hybridized carbons (Fsp3) is 0. The molecule has 5 nitrogen and oxygen atoms in total. The van der Waals surface area contributed by atoms with Crippen LogP contribution in [0.3, 0.4) is 0 Å². The second kappa shape index (κ2) is 4.92. The molecule has 0 aliphatic heterocycles. The van der Waals surface area contributed by atoms with Crippen molar-refractivity contribution in [3.63, 3.8) is 0 Å². The van der Waals surface area contributed by atoms with Gasteiger partial charge in [0.25, 0.3) is 10.0 Å². The highest BCUT2D eigenvalue weighted by atomic mass is 79.9. The number of rotatable bonds is 3. The van der Waals surface area contributed by atoms with Gasteiger partial charge in [0.05, 0.1) is 4.90 Å². The number of aromatic nitrogens is 1. The SMILES string of the molecule is O=S(=O)(Nc1nc2ccccc2o1)c1ccc(Br)cc1. The van der Waals surface area contributed by atoms with Gasteiger partial charge >= 0.3 is 6.01 Å². The molecule has 0 fully saturated rings. The van der Waals surface area contributed by atoms with E-state index in [4.69, 9.17) is 4.42 Å². The lowest BCUT2D eigenvalue weighted by Gasteiger charge is -2.03. The normalized spacial score (nSPS) is 11.7. The second-order valence-electron chi connectivity index (χ2n) is 4.05. The highest BCUT2D eigenvalue weighted by Gasteiger charge is 2.17. The quantitative estimate of drug-likeness (QED) is 0.783. The van der Waals surface area contributed by atoms with Crippen molar-refractivity contribution in [2.45, 2.75) is 4.90 Å². The predicted molar refractivity (Wildman–Crippen MR) is 79.0 cm³/mol. The van der Waals surface area contributed by atoms with Gasteiger partial charge in [-0.1, -0.05) is 28.1 Å². The Kier molecular flexibility index (Phi) is 3.23. The molecule has 0 unspecified atom stereocenters. The number of para-hydroxylation sites is 2. The van der Waals surface area contributed by atoms with Crippen molar-refractivity contribution in [1.82, 2.24) is 4.98 Å². The number of sulfonamides is 1. The minimum atomic E-state index is -3.70. The summed E-state index contributed by atoms with van der Waals surface area (Å²) in [5.74, 6) is 0. The monoisotopic (exact) mass is 352 g/mol. The summed E-state index contributed by atoms with van der Waals surface area (Å²) in [4.78, 5) is 4.22. The van der Waals surface area contributed by atoms with Gasteiger partial charge in [-0.05, 0) is 36.4 Å². The molecule has 0 amide bonds. The van der Waals surface area contributed by atoms with Gasteiger partial charge in [0.2, 0.25) is 0 Å². The number of nitrogens with zero attached hydrogens (tertiary/aromatic N) is 1. The molecule has 0 saturated heterocycles. The Hall–Kier alpha value is -1.86. The van der Waals surface area contributed by atoms with Crippen molar-refractivity contribution in [3.05, 3.63) is 53.0 Å². The van der Waals surface area contributed by atoms with Crippen molar-refractivity contribution in [1.29, 1.82) is 0 Å². The predicted octanol–water partition coefficient (Wildman–Crippen LogP) is 3.39. The van der Waals surface area contributed by atoms with Crippen LogP contribution < -0.4 is 4.72 Å². The van der Waals surface area contributed by atoms with E-state index in [-0.39, 0.29) is 10.9 Å². The smallest absolute Gasteiger partial charge is 0.309 e. The third-order valence-electron chi connectivity index (χ3n) is 2.64. The van der Waals surface area contributed by atoms with Crippen molar-refractivity contribution in [2.75, 3.05) is 4.72 Å². The molecule has 0 aliphatic carbocycles. The number of benzene rings is 2. The Morgan fingerprint density at radius 3 is 2.45 bits per heavy atom. The highest BCUT2D eigenvalue weighted by molar-refractivity contribution is 9.10. The molecule has 0 bridgehead atoms. The lowest BCUT2D eigenvalue weighted by molar-refractivity contribution is 0.591. The standard InChI is InChI=1S/C13H9BrN2O3S/c14-9-5-7-10(8-6-9)20(17,18)16-13-15-11-3-1-2-4-12(11)19-13/h1-8H,(H,15,16). The molecule has 0 saturated carbocycles. The molecule has 0 radical (unpaired) electrons. The zero-order chi connectivity index (χ0) is 14.2. The van der Waals surface area contributed by atoms with E-state index in [0.29, 0.717) is 11.1 Å². The minimum absolute atomic E-state index is 0.0471. The lowest BCUT2D eigenvalue weighted by Crippen LogP contribution is -2.12. The average Bonchev–Trinajstić information content (AvgIpc) is 2.80. The molecule has 3 rings (SSSR count). The molecule has 2 aromatic carbocycles. The molecule has 0 spiro atoms. The van der Waals surface area contributed by atoms with Gasteiger partial charge < -0.3 is 4.42 Å². The Labute approximate surface area is 123 Å². The van der Waals surface area contributed by atoms with Crippen LogP contribution in [0.2, 0.25) is 0 Å². The lowest BCUT2D eigenvalue weighted by atomic mass is 10.3. The first-order valence-corrected chi connectivity index (χ1v) is 7.96. The van der Waals surface area contributed by atoms with Gasteiger partial charge in [-0.25, -0.2) is 13.1 Å². The number of hydrogen-bond donors (Lipinski definition) is 1. The van der Waals surface area contributed by atoms with Crippen LogP contribution in [0.4, 0.5) is 6.01 Å². The summed E-state index contributed by atoms with van der Waals surface area (Å²) in [5.41, 5.74) is 1.13. The summed E-state index contributed by atoms with van der Waals surface area (Å²) in [5, 5.41) is 0. The maximum absolute atomic E-state index is 12.2. The summed E-state index contributed by atoms with van der Waals surface area (Å²) >= 11 is 3.26. The summed E-state index contributed by atoms with van der Waals surface area (Å²) in [6.07, 6.45) is 0. The van der Waals surface area contributed by atoms with Crippen LogP contribution in [-0.2, 0) is 10.0 Å². The zero-order valence-corrected chi connectivity index (χ0v) is 12.5. The van der Waals surface area contributed by atoms with Gasteiger partial charge in [0.1, 0.15) is 5.52 Å². The first kappa shape index (κ1) is 13.1. The first-order chi connectivity index (χ1) is 9.54. The van der Waals surface area contributed by atoms with Gasteiger partial charge in [-0.2, -0.15) is 4.98 Å². The Morgan fingerprint density at radius 2 is 1.75 bits per heavy atom. The molecule has 7 heteroatoms. The van der Waals surface area contributed by atoms with E-state index >= 15 is 0 Å². The van der Waals surface area contributed by atoms with Crippen LogP contribution in [-0.4, -0.2) is 13.4 Å². The van der Waals surface area contributed by atoms with Crippen LogP contribution in [0, 0.1) is 0 Å². The molecular weight excluding hydrogens is 344 g/mol. The maximum Gasteiger partial charge on any atom is 0.309 e. The van der Waals surface area contributed by atoms with Crippen molar-refractivity contribution >= 4 is 43.1 Å². The van der Waals surface area contributed by atoms with Crippen LogP contribution in [0.1, 0.15) is 0 Å².